The van der Waals surface area contributed by atoms with Crippen molar-refractivity contribution in [1.82, 2.24) is 4.90 Å². The molecule has 0 aromatic heterocycles. The molecule has 0 amide bonds. The zero-order valence-electron chi connectivity index (χ0n) is 11.5. The first-order chi connectivity index (χ1) is 10.1. The molecule has 108 valence electrons. The van der Waals surface area contributed by atoms with Crippen LogP contribution in [0.15, 0.2) is 42.5 Å². The number of nitro groups is 1. The largest absolute Gasteiger partial charge is 0.294 e. The van der Waals surface area contributed by atoms with Crippen molar-refractivity contribution < 1.29 is 4.92 Å². The van der Waals surface area contributed by atoms with Crippen LogP contribution in [0.4, 0.5) is 5.69 Å². The third-order valence-electron chi connectivity index (χ3n) is 3.85. The Morgan fingerprint density at radius 3 is 2.43 bits per heavy atom. The summed E-state index contributed by atoms with van der Waals surface area (Å²) in [5, 5.41) is 11.5. The molecule has 1 heterocycles. The second-order valence-electron chi connectivity index (χ2n) is 5.26. The zero-order valence-corrected chi connectivity index (χ0v) is 12.2. The van der Waals surface area contributed by atoms with Crippen LogP contribution >= 0.6 is 11.6 Å². The number of halogens is 1. The van der Waals surface area contributed by atoms with Crippen LogP contribution in [0.3, 0.4) is 0 Å². The van der Waals surface area contributed by atoms with Crippen molar-refractivity contribution in [2.45, 2.75) is 19.5 Å². The molecule has 0 bridgehead atoms. The van der Waals surface area contributed by atoms with Crippen molar-refractivity contribution in [3.63, 3.8) is 0 Å². The lowest BCUT2D eigenvalue weighted by atomic mass is 10.1. The van der Waals surface area contributed by atoms with Gasteiger partial charge in [-0.3, -0.25) is 15.0 Å². The standard InChI is InChI=1S/C16H15ClN2O2/c17-15-6-5-12(16(9-15)19(20)21)7-8-18-10-13-3-1-2-4-14(13)11-18/h1-6,9H,7-8,10-11H2. The number of hydrogen-bond donors (Lipinski definition) is 0. The molecule has 1 aliphatic rings. The van der Waals surface area contributed by atoms with Crippen LogP contribution in [0.25, 0.3) is 0 Å². The summed E-state index contributed by atoms with van der Waals surface area (Å²) in [7, 11) is 0. The Balaban J connectivity index is 1.68. The molecule has 1 aliphatic heterocycles. The van der Waals surface area contributed by atoms with Gasteiger partial charge in [0.2, 0.25) is 0 Å². The fourth-order valence-corrected chi connectivity index (χ4v) is 2.93. The average molecular weight is 303 g/mol. The second kappa shape index (κ2) is 5.84. The molecule has 0 saturated carbocycles. The summed E-state index contributed by atoms with van der Waals surface area (Å²) in [5.74, 6) is 0. The van der Waals surface area contributed by atoms with Crippen molar-refractivity contribution >= 4 is 17.3 Å². The summed E-state index contributed by atoms with van der Waals surface area (Å²) < 4.78 is 0. The summed E-state index contributed by atoms with van der Waals surface area (Å²) in [5.41, 5.74) is 3.55. The molecule has 4 nitrogen and oxygen atoms in total. The number of fused-ring (bicyclic) bond motifs is 1. The summed E-state index contributed by atoms with van der Waals surface area (Å²) in [6, 6.07) is 13.3. The van der Waals surface area contributed by atoms with Crippen LogP contribution in [0.2, 0.25) is 5.02 Å². The Bertz CT molecular complexity index is 663. The summed E-state index contributed by atoms with van der Waals surface area (Å²) >= 11 is 5.83. The van der Waals surface area contributed by atoms with Crippen molar-refractivity contribution in [3.8, 4) is 0 Å². The number of hydrogen-bond acceptors (Lipinski definition) is 3. The van der Waals surface area contributed by atoms with Crippen LogP contribution in [0, 0.1) is 10.1 Å². The molecule has 0 N–H and O–H groups in total. The molecule has 5 heteroatoms. The normalized spacial score (nSPS) is 14.1. The van der Waals surface area contributed by atoms with E-state index in [-0.39, 0.29) is 10.6 Å². The van der Waals surface area contributed by atoms with Crippen LogP contribution in [0.5, 0.6) is 0 Å². The van der Waals surface area contributed by atoms with Gasteiger partial charge in [-0.05, 0) is 23.6 Å². The molecular weight excluding hydrogens is 288 g/mol. The van der Waals surface area contributed by atoms with Gasteiger partial charge in [-0.1, -0.05) is 41.9 Å². The quantitative estimate of drug-likeness (QED) is 0.637. The van der Waals surface area contributed by atoms with Gasteiger partial charge in [0.25, 0.3) is 5.69 Å². The summed E-state index contributed by atoms with van der Waals surface area (Å²) in [6.07, 6.45) is 0.654. The van der Waals surface area contributed by atoms with Gasteiger partial charge in [0.05, 0.1) is 4.92 Å². The fraction of sp³-hybridized carbons (Fsp3) is 0.250. The van der Waals surface area contributed by atoms with Gasteiger partial charge in [-0.15, -0.1) is 0 Å². The van der Waals surface area contributed by atoms with Gasteiger partial charge >= 0.3 is 0 Å². The van der Waals surface area contributed by atoms with E-state index in [0.717, 1.165) is 25.2 Å². The minimum atomic E-state index is -0.361. The van der Waals surface area contributed by atoms with Crippen molar-refractivity contribution in [3.05, 3.63) is 74.3 Å². The van der Waals surface area contributed by atoms with Crippen molar-refractivity contribution in [2.75, 3.05) is 6.54 Å². The van der Waals surface area contributed by atoms with Gasteiger partial charge in [-0.2, -0.15) is 0 Å². The molecule has 2 aromatic carbocycles. The van der Waals surface area contributed by atoms with E-state index in [2.05, 4.69) is 17.0 Å². The Labute approximate surface area is 128 Å². The third kappa shape index (κ3) is 3.06. The molecule has 2 aromatic rings. The lowest BCUT2D eigenvalue weighted by Crippen LogP contribution is -2.19. The van der Waals surface area contributed by atoms with E-state index >= 15 is 0 Å². The van der Waals surface area contributed by atoms with Crippen molar-refractivity contribution in [1.29, 1.82) is 0 Å². The first kappa shape index (κ1) is 14.0. The fourth-order valence-electron chi connectivity index (χ4n) is 2.76. The van der Waals surface area contributed by atoms with Gasteiger partial charge in [0, 0.05) is 36.3 Å². The maximum Gasteiger partial charge on any atom is 0.274 e. The molecule has 0 radical (unpaired) electrons. The first-order valence-electron chi connectivity index (χ1n) is 6.85. The van der Waals surface area contributed by atoms with Crippen LogP contribution in [-0.4, -0.2) is 16.4 Å². The molecule has 0 saturated heterocycles. The first-order valence-corrected chi connectivity index (χ1v) is 7.23. The average Bonchev–Trinajstić information content (AvgIpc) is 2.88. The predicted molar refractivity (Wildman–Crippen MR) is 82.4 cm³/mol. The minimum Gasteiger partial charge on any atom is -0.294 e. The van der Waals surface area contributed by atoms with Gasteiger partial charge in [-0.25, -0.2) is 0 Å². The topological polar surface area (TPSA) is 46.4 Å². The minimum absolute atomic E-state index is 0.110. The highest BCUT2D eigenvalue weighted by Crippen LogP contribution is 2.26. The van der Waals surface area contributed by atoms with Gasteiger partial charge in [0.15, 0.2) is 0 Å². The van der Waals surface area contributed by atoms with Crippen LogP contribution < -0.4 is 0 Å². The van der Waals surface area contributed by atoms with E-state index in [0.29, 0.717) is 11.4 Å². The SMILES string of the molecule is O=[N+]([O-])c1cc(Cl)ccc1CCN1Cc2ccccc2C1. The lowest BCUT2D eigenvalue weighted by Gasteiger charge is -2.14. The maximum atomic E-state index is 11.1. The molecular formula is C16H15ClN2O2. The molecule has 0 atom stereocenters. The Morgan fingerprint density at radius 2 is 1.81 bits per heavy atom. The monoisotopic (exact) mass is 302 g/mol. The number of rotatable bonds is 4. The summed E-state index contributed by atoms with van der Waals surface area (Å²) in [6.45, 7) is 2.63. The lowest BCUT2D eigenvalue weighted by molar-refractivity contribution is -0.385. The van der Waals surface area contributed by atoms with E-state index in [9.17, 15) is 10.1 Å². The van der Waals surface area contributed by atoms with Gasteiger partial charge in [0.1, 0.15) is 0 Å². The van der Waals surface area contributed by atoms with E-state index in [1.54, 1.807) is 12.1 Å². The Hall–Kier alpha value is -1.91. The Kier molecular flexibility index (Phi) is 3.90. The number of nitro benzene ring substituents is 1. The Morgan fingerprint density at radius 1 is 1.14 bits per heavy atom. The maximum absolute atomic E-state index is 11.1. The third-order valence-corrected chi connectivity index (χ3v) is 4.08. The zero-order chi connectivity index (χ0) is 14.8. The molecule has 0 unspecified atom stereocenters. The van der Waals surface area contributed by atoms with E-state index in [1.807, 2.05) is 12.1 Å². The van der Waals surface area contributed by atoms with Gasteiger partial charge < -0.3 is 0 Å². The highest BCUT2D eigenvalue weighted by Gasteiger charge is 2.20. The van der Waals surface area contributed by atoms with E-state index in [4.69, 9.17) is 11.6 Å². The summed E-state index contributed by atoms with van der Waals surface area (Å²) in [4.78, 5) is 13.0. The van der Waals surface area contributed by atoms with Crippen LogP contribution in [-0.2, 0) is 19.5 Å². The van der Waals surface area contributed by atoms with E-state index < -0.39 is 0 Å². The van der Waals surface area contributed by atoms with E-state index in [1.165, 1.54) is 17.2 Å². The molecule has 21 heavy (non-hydrogen) atoms. The molecule has 0 aliphatic carbocycles. The molecule has 0 spiro atoms. The van der Waals surface area contributed by atoms with Crippen LogP contribution in [0.1, 0.15) is 16.7 Å². The molecule has 0 fully saturated rings. The second-order valence-corrected chi connectivity index (χ2v) is 5.70. The van der Waals surface area contributed by atoms with Crippen molar-refractivity contribution in [2.24, 2.45) is 0 Å². The predicted octanol–water partition coefficient (Wildman–Crippen LogP) is 3.81. The highest BCUT2D eigenvalue weighted by atomic mass is 35.5. The molecule has 3 rings (SSSR count). The smallest absolute Gasteiger partial charge is 0.274 e. The highest BCUT2D eigenvalue weighted by molar-refractivity contribution is 6.30. The number of nitrogens with zero attached hydrogens (tertiary/aromatic N) is 2. The number of benzene rings is 2.